The molecule has 1 unspecified atom stereocenters. The zero-order valence-corrected chi connectivity index (χ0v) is 13.1. The van der Waals surface area contributed by atoms with E-state index < -0.39 is 38.5 Å². The minimum absolute atomic E-state index is 0.381. The van der Waals surface area contributed by atoms with Crippen LogP contribution in [0.4, 0.5) is 13.2 Å². The van der Waals surface area contributed by atoms with Crippen molar-refractivity contribution in [3.05, 3.63) is 28.8 Å². The average molecular weight is 360 g/mol. The highest BCUT2D eigenvalue weighted by atomic mass is 35.5. The molecule has 0 aromatic heterocycles. The monoisotopic (exact) mass is 359 g/mol. The predicted octanol–water partition coefficient (Wildman–Crippen LogP) is 2.70. The third-order valence-corrected chi connectivity index (χ3v) is 4.88. The van der Waals surface area contributed by atoms with Crippen molar-refractivity contribution >= 4 is 27.6 Å². The van der Waals surface area contributed by atoms with E-state index in [0.29, 0.717) is 16.4 Å². The van der Waals surface area contributed by atoms with Crippen molar-refractivity contribution in [2.24, 2.45) is 5.92 Å². The minimum atomic E-state index is -4.75. The molecule has 1 rings (SSSR count). The summed E-state index contributed by atoms with van der Waals surface area (Å²) >= 11 is 5.55. The third-order valence-electron chi connectivity index (χ3n) is 2.86. The molecule has 0 spiro atoms. The van der Waals surface area contributed by atoms with Gasteiger partial charge in [0.1, 0.15) is 0 Å². The second-order valence-corrected chi connectivity index (χ2v) is 7.18. The molecule has 22 heavy (non-hydrogen) atoms. The third kappa shape index (κ3) is 4.34. The van der Waals surface area contributed by atoms with Crippen molar-refractivity contribution in [2.45, 2.75) is 18.0 Å². The maximum absolute atomic E-state index is 12.7. The van der Waals surface area contributed by atoms with Crippen LogP contribution in [0.1, 0.15) is 12.5 Å². The number of hydrogen-bond acceptors (Lipinski definition) is 3. The molecule has 0 saturated heterocycles. The summed E-state index contributed by atoms with van der Waals surface area (Å²) in [4.78, 5) is 10.1. The van der Waals surface area contributed by atoms with Crippen molar-refractivity contribution in [2.75, 3.05) is 13.6 Å². The first-order chi connectivity index (χ1) is 9.85. The van der Waals surface area contributed by atoms with Gasteiger partial charge in [0.15, 0.2) is 0 Å². The summed E-state index contributed by atoms with van der Waals surface area (Å²) in [5.74, 6) is -2.23. The molecule has 1 aromatic carbocycles. The number of benzene rings is 1. The van der Waals surface area contributed by atoms with E-state index in [1.807, 2.05) is 0 Å². The standard InChI is InChI=1S/C12H13ClF3NO4S/c1-7(11(18)19)6-17(2)22(20,21)10-4-8(12(14,15)16)3-9(13)5-10/h3-5,7H,6H2,1-2H3,(H,18,19). The van der Waals surface area contributed by atoms with Crippen molar-refractivity contribution in [3.63, 3.8) is 0 Å². The topological polar surface area (TPSA) is 74.7 Å². The Kier molecular flexibility index (Phi) is 5.47. The number of halogens is 4. The van der Waals surface area contributed by atoms with Gasteiger partial charge in [-0.1, -0.05) is 18.5 Å². The van der Waals surface area contributed by atoms with Gasteiger partial charge in [0.25, 0.3) is 0 Å². The predicted molar refractivity (Wildman–Crippen MR) is 73.1 cm³/mol. The highest BCUT2D eigenvalue weighted by Gasteiger charge is 2.33. The van der Waals surface area contributed by atoms with E-state index in [9.17, 15) is 26.4 Å². The van der Waals surface area contributed by atoms with E-state index in [1.165, 1.54) is 6.92 Å². The first-order valence-electron chi connectivity index (χ1n) is 5.92. The summed E-state index contributed by atoms with van der Waals surface area (Å²) in [5, 5.41) is 8.39. The van der Waals surface area contributed by atoms with E-state index in [-0.39, 0.29) is 11.6 Å². The molecule has 5 nitrogen and oxygen atoms in total. The summed E-state index contributed by atoms with van der Waals surface area (Å²) < 4.78 is 63.3. The zero-order chi connectivity index (χ0) is 17.3. The number of carbonyl (C=O) groups is 1. The molecule has 0 aliphatic heterocycles. The average Bonchev–Trinajstić information content (AvgIpc) is 2.36. The van der Waals surface area contributed by atoms with Crippen LogP contribution in [0.2, 0.25) is 5.02 Å². The van der Waals surface area contributed by atoms with E-state index in [2.05, 4.69) is 0 Å². The zero-order valence-electron chi connectivity index (χ0n) is 11.6. The minimum Gasteiger partial charge on any atom is -0.481 e. The van der Waals surface area contributed by atoms with Gasteiger partial charge in [0.05, 0.1) is 16.4 Å². The Bertz CT molecular complexity index is 675. The summed E-state index contributed by atoms with van der Waals surface area (Å²) in [6, 6.07) is 1.96. The quantitative estimate of drug-likeness (QED) is 0.877. The largest absolute Gasteiger partial charge is 0.481 e. The van der Waals surface area contributed by atoms with E-state index in [4.69, 9.17) is 16.7 Å². The number of carboxylic acid groups (broad SMARTS) is 1. The van der Waals surface area contributed by atoms with Gasteiger partial charge in [-0.3, -0.25) is 4.79 Å². The van der Waals surface area contributed by atoms with Gasteiger partial charge in [0.2, 0.25) is 10.0 Å². The number of nitrogens with zero attached hydrogens (tertiary/aromatic N) is 1. The highest BCUT2D eigenvalue weighted by Crippen LogP contribution is 2.33. The van der Waals surface area contributed by atoms with Gasteiger partial charge >= 0.3 is 12.1 Å². The van der Waals surface area contributed by atoms with Gasteiger partial charge in [0, 0.05) is 18.6 Å². The Morgan fingerprint density at radius 3 is 2.36 bits per heavy atom. The Morgan fingerprint density at radius 2 is 1.91 bits per heavy atom. The number of hydrogen-bond donors (Lipinski definition) is 1. The van der Waals surface area contributed by atoms with E-state index in [0.717, 1.165) is 13.1 Å². The maximum Gasteiger partial charge on any atom is 0.416 e. The molecule has 0 radical (unpaired) electrons. The second kappa shape index (κ2) is 6.43. The van der Waals surface area contributed by atoms with Crippen molar-refractivity contribution in [3.8, 4) is 0 Å². The Balaban J connectivity index is 3.23. The molecule has 0 aliphatic carbocycles. The molecule has 0 aliphatic rings. The SMILES string of the molecule is CC(CN(C)S(=O)(=O)c1cc(Cl)cc(C(F)(F)F)c1)C(=O)O. The molecule has 1 atom stereocenters. The molecule has 0 amide bonds. The Labute approximate surface area is 130 Å². The van der Waals surface area contributed by atoms with Gasteiger partial charge in [-0.25, -0.2) is 12.7 Å². The van der Waals surface area contributed by atoms with Crippen LogP contribution < -0.4 is 0 Å². The van der Waals surface area contributed by atoms with Gasteiger partial charge < -0.3 is 5.11 Å². The smallest absolute Gasteiger partial charge is 0.416 e. The lowest BCUT2D eigenvalue weighted by Crippen LogP contribution is -2.33. The van der Waals surface area contributed by atoms with Crippen LogP contribution in [0.5, 0.6) is 0 Å². The van der Waals surface area contributed by atoms with Crippen LogP contribution in [0.15, 0.2) is 23.1 Å². The van der Waals surface area contributed by atoms with Crippen LogP contribution in [0.25, 0.3) is 0 Å². The number of aliphatic carboxylic acids is 1. The molecular formula is C12H13ClF3NO4S. The molecule has 1 N–H and O–H groups in total. The highest BCUT2D eigenvalue weighted by molar-refractivity contribution is 7.89. The van der Waals surface area contributed by atoms with Crippen LogP contribution in [-0.4, -0.2) is 37.4 Å². The molecule has 10 heteroatoms. The van der Waals surface area contributed by atoms with Crippen molar-refractivity contribution in [1.29, 1.82) is 0 Å². The lowest BCUT2D eigenvalue weighted by molar-refractivity contribution is -0.141. The first kappa shape index (κ1) is 18.7. The molecule has 1 aromatic rings. The summed E-state index contributed by atoms with van der Waals surface area (Å²) in [5.41, 5.74) is -1.20. The number of carboxylic acids is 1. The maximum atomic E-state index is 12.7. The van der Waals surface area contributed by atoms with Gasteiger partial charge in [-0.2, -0.15) is 13.2 Å². The molecular weight excluding hydrogens is 347 g/mol. The van der Waals surface area contributed by atoms with Crippen molar-refractivity contribution < 1.29 is 31.5 Å². The number of alkyl halides is 3. The van der Waals surface area contributed by atoms with Gasteiger partial charge in [-0.05, 0) is 18.2 Å². The number of rotatable bonds is 5. The molecule has 0 saturated carbocycles. The van der Waals surface area contributed by atoms with Crippen LogP contribution in [-0.2, 0) is 21.0 Å². The molecule has 0 fully saturated rings. The van der Waals surface area contributed by atoms with Crippen LogP contribution >= 0.6 is 11.6 Å². The lowest BCUT2D eigenvalue weighted by Gasteiger charge is -2.20. The molecule has 0 bridgehead atoms. The van der Waals surface area contributed by atoms with Crippen LogP contribution in [0, 0.1) is 5.92 Å². The molecule has 0 heterocycles. The Morgan fingerprint density at radius 1 is 1.36 bits per heavy atom. The number of sulfonamides is 1. The normalized spacial score (nSPS) is 14.1. The fraction of sp³-hybridized carbons (Fsp3) is 0.417. The fourth-order valence-electron chi connectivity index (χ4n) is 1.62. The van der Waals surface area contributed by atoms with E-state index >= 15 is 0 Å². The summed E-state index contributed by atoms with van der Waals surface area (Å²) in [7, 11) is -3.20. The van der Waals surface area contributed by atoms with Gasteiger partial charge in [-0.15, -0.1) is 0 Å². The lowest BCUT2D eigenvalue weighted by atomic mass is 10.2. The van der Waals surface area contributed by atoms with Crippen LogP contribution in [0.3, 0.4) is 0 Å². The summed E-state index contributed by atoms with van der Waals surface area (Å²) in [6.07, 6.45) is -4.75. The fourth-order valence-corrected chi connectivity index (χ4v) is 3.25. The Hall–Kier alpha value is -1.32. The molecule has 124 valence electrons. The van der Waals surface area contributed by atoms with Crippen molar-refractivity contribution in [1.82, 2.24) is 4.31 Å². The second-order valence-electron chi connectivity index (χ2n) is 4.70. The van der Waals surface area contributed by atoms with E-state index in [1.54, 1.807) is 0 Å². The summed E-state index contributed by atoms with van der Waals surface area (Å²) in [6.45, 7) is 0.902. The first-order valence-corrected chi connectivity index (χ1v) is 7.74.